The molecule has 0 fully saturated rings. The number of fused-ring (bicyclic) bond motifs is 1. The van der Waals surface area contributed by atoms with Gasteiger partial charge in [0.05, 0.1) is 21.3 Å². The van der Waals surface area contributed by atoms with E-state index >= 15 is 0 Å². The number of amides is 2. The van der Waals surface area contributed by atoms with E-state index < -0.39 is 6.04 Å². The zero-order valence-corrected chi connectivity index (χ0v) is 15.9. The lowest BCUT2D eigenvalue weighted by Crippen LogP contribution is -2.34. The number of carbonyl (C=O) groups is 1. The highest BCUT2D eigenvalue weighted by Gasteiger charge is 2.18. The van der Waals surface area contributed by atoms with E-state index in [4.69, 9.17) is 0 Å². The third kappa shape index (κ3) is 3.94. The minimum Gasteiger partial charge on any atom is -0.325 e. The quantitative estimate of drug-likeness (QED) is 0.488. The lowest BCUT2D eigenvalue weighted by Gasteiger charge is -2.19. The molecular formula is C21H18N4O2S. The number of H-pyrrole nitrogens is 1. The van der Waals surface area contributed by atoms with Gasteiger partial charge in [0.2, 0.25) is 5.56 Å². The predicted molar refractivity (Wildman–Crippen MR) is 112 cm³/mol. The number of urea groups is 1. The molecule has 1 atom stereocenters. The fourth-order valence-electron chi connectivity index (χ4n) is 3.04. The highest BCUT2D eigenvalue weighted by atomic mass is 32.1. The first-order valence-electron chi connectivity index (χ1n) is 8.77. The Morgan fingerprint density at radius 2 is 1.89 bits per heavy atom. The zero-order valence-electron chi connectivity index (χ0n) is 15.1. The van der Waals surface area contributed by atoms with Gasteiger partial charge < -0.3 is 15.6 Å². The van der Waals surface area contributed by atoms with E-state index in [1.165, 1.54) is 6.07 Å². The molecule has 0 saturated carbocycles. The summed E-state index contributed by atoms with van der Waals surface area (Å²) in [4.78, 5) is 31.6. The molecule has 1 unspecified atom stereocenters. The summed E-state index contributed by atoms with van der Waals surface area (Å²) in [5.41, 5.74) is 2.86. The van der Waals surface area contributed by atoms with E-state index in [-0.39, 0.29) is 11.6 Å². The van der Waals surface area contributed by atoms with E-state index in [1.807, 2.05) is 55.5 Å². The van der Waals surface area contributed by atoms with Crippen molar-refractivity contribution in [1.82, 2.24) is 15.3 Å². The van der Waals surface area contributed by atoms with E-state index in [9.17, 15) is 9.59 Å². The van der Waals surface area contributed by atoms with Crippen molar-refractivity contribution in [2.24, 2.45) is 0 Å². The fourth-order valence-corrected chi connectivity index (χ4v) is 3.90. The molecule has 3 N–H and O–H groups in total. The molecule has 7 heteroatoms. The number of carbonyl (C=O) groups excluding carboxylic acids is 1. The normalized spacial score (nSPS) is 11.9. The maximum absolute atomic E-state index is 12.7. The van der Waals surface area contributed by atoms with Crippen molar-refractivity contribution in [3.8, 4) is 0 Å². The van der Waals surface area contributed by atoms with E-state index in [0.717, 1.165) is 20.8 Å². The number of aryl methyl sites for hydroxylation is 1. The molecule has 4 rings (SSSR count). The molecule has 0 bridgehead atoms. The van der Waals surface area contributed by atoms with E-state index in [0.29, 0.717) is 11.4 Å². The smallest absolute Gasteiger partial charge is 0.320 e. The van der Waals surface area contributed by atoms with Gasteiger partial charge in [0.15, 0.2) is 0 Å². The summed E-state index contributed by atoms with van der Waals surface area (Å²) >= 11 is 1.58. The molecule has 0 aliphatic rings. The van der Waals surface area contributed by atoms with Crippen LogP contribution < -0.4 is 16.2 Å². The predicted octanol–water partition coefficient (Wildman–Crippen LogP) is 4.20. The van der Waals surface area contributed by atoms with Gasteiger partial charge in [-0.25, -0.2) is 9.78 Å². The Morgan fingerprint density at radius 3 is 2.68 bits per heavy atom. The first-order valence-corrected chi connectivity index (χ1v) is 9.59. The lowest BCUT2D eigenvalue weighted by atomic mass is 10.0. The average Bonchev–Trinajstić information content (AvgIpc) is 3.06. The zero-order chi connectivity index (χ0) is 19.5. The van der Waals surface area contributed by atoms with Gasteiger partial charge >= 0.3 is 6.03 Å². The van der Waals surface area contributed by atoms with Crippen LogP contribution in [0.4, 0.5) is 10.5 Å². The molecule has 2 amide bonds. The highest BCUT2D eigenvalue weighted by molar-refractivity contribution is 7.18. The molecule has 0 aliphatic carbocycles. The first-order chi connectivity index (χ1) is 13.6. The lowest BCUT2D eigenvalue weighted by molar-refractivity contribution is 0.250. The van der Waals surface area contributed by atoms with Crippen molar-refractivity contribution in [3.05, 3.63) is 93.3 Å². The average molecular weight is 390 g/mol. The number of rotatable bonds is 4. The van der Waals surface area contributed by atoms with Crippen LogP contribution in [0, 0.1) is 6.92 Å². The Labute approximate surface area is 165 Å². The second-order valence-electron chi connectivity index (χ2n) is 6.33. The van der Waals surface area contributed by atoms with Gasteiger partial charge in [0.25, 0.3) is 0 Å². The Hall–Kier alpha value is -3.45. The second kappa shape index (κ2) is 7.66. The summed E-state index contributed by atoms with van der Waals surface area (Å²) in [6.45, 7) is 1.95. The van der Waals surface area contributed by atoms with Gasteiger partial charge in [-0.15, -0.1) is 11.3 Å². The standard InChI is InChI=1S/C21H18N4O2S/c1-13-22-16-11-10-15(12-18(16)28-13)23-21(27)25-20(14-6-3-2-4-7-14)17-8-5-9-19(26)24-17/h2-12,20H,1H3,(H,24,26)(H2,23,25,27). The fraction of sp³-hybridized carbons (Fsp3) is 0.0952. The van der Waals surface area contributed by atoms with Crippen LogP contribution in [0.5, 0.6) is 0 Å². The summed E-state index contributed by atoms with van der Waals surface area (Å²) in [6.07, 6.45) is 0. The monoisotopic (exact) mass is 390 g/mol. The molecular weight excluding hydrogens is 372 g/mol. The minimum absolute atomic E-state index is 0.216. The molecule has 140 valence electrons. The second-order valence-corrected chi connectivity index (χ2v) is 7.56. The van der Waals surface area contributed by atoms with Crippen LogP contribution in [0.1, 0.15) is 22.3 Å². The van der Waals surface area contributed by atoms with Crippen molar-refractivity contribution in [1.29, 1.82) is 0 Å². The maximum atomic E-state index is 12.7. The van der Waals surface area contributed by atoms with Gasteiger partial charge in [-0.05, 0) is 36.8 Å². The van der Waals surface area contributed by atoms with Crippen LogP contribution in [-0.2, 0) is 0 Å². The maximum Gasteiger partial charge on any atom is 0.320 e. The Morgan fingerprint density at radius 1 is 1.07 bits per heavy atom. The number of aromatic nitrogens is 2. The summed E-state index contributed by atoms with van der Waals surface area (Å²) in [6, 6.07) is 19.2. The number of benzene rings is 2. The molecule has 28 heavy (non-hydrogen) atoms. The summed E-state index contributed by atoms with van der Waals surface area (Å²) in [5, 5.41) is 6.79. The molecule has 2 aromatic carbocycles. The Kier molecular flexibility index (Phi) is 4.90. The van der Waals surface area contributed by atoms with Crippen molar-refractivity contribution < 1.29 is 4.79 Å². The van der Waals surface area contributed by atoms with E-state index in [1.54, 1.807) is 23.5 Å². The topological polar surface area (TPSA) is 86.9 Å². The van der Waals surface area contributed by atoms with Gasteiger partial charge in [-0.1, -0.05) is 36.4 Å². The van der Waals surface area contributed by atoms with Crippen LogP contribution in [0.3, 0.4) is 0 Å². The minimum atomic E-state index is -0.482. The Balaban J connectivity index is 1.58. The van der Waals surface area contributed by atoms with Crippen LogP contribution in [0.15, 0.2) is 71.5 Å². The number of nitrogens with one attached hydrogen (secondary N) is 3. The van der Waals surface area contributed by atoms with Crippen molar-refractivity contribution in [3.63, 3.8) is 0 Å². The van der Waals surface area contributed by atoms with Gasteiger partial charge in [-0.3, -0.25) is 4.79 Å². The number of hydrogen-bond acceptors (Lipinski definition) is 4. The van der Waals surface area contributed by atoms with Gasteiger partial charge in [-0.2, -0.15) is 0 Å². The largest absolute Gasteiger partial charge is 0.325 e. The molecule has 2 heterocycles. The SMILES string of the molecule is Cc1nc2ccc(NC(=O)NC(c3ccccc3)c3cccc(=O)[nH]3)cc2s1. The van der Waals surface area contributed by atoms with Crippen LogP contribution >= 0.6 is 11.3 Å². The number of thiazole rings is 1. The molecule has 2 aromatic heterocycles. The van der Waals surface area contributed by atoms with Gasteiger partial charge in [0, 0.05) is 17.4 Å². The third-order valence-corrected chi connectivity index (χ3v) is 5.20. The number of nitrogens with zero attached hydrogens (tertiary/aromatic N) is 1. The van der Waals surface area contributed by atoms with Crippen LogP contribution in [-0.4, -0.2) is 16.0 Å². The summed E-state index contributed by atoms with van der Waals surface area (Å²) < 4.78 is 1.02. The molecule has 0 spiro atoms. The van der Waals surface area contributed by atoms with Crippen molar-refractivity contribution in [2.75, 3.05) is 5.32 Å². The molecule has 0 aliphatic heterocycles. The Bertz CT molecular complexity index is 1180. The highest BCUT2D eigenvalue weighted by Crippen LogP contribution is 2.25. The number of pyridine rings is 1. The number of anilines is 1. The van der Waals surface area contributed by atoms with E-state index in [2.05, 4.69) is 20.6 Å². The summed E-state index contributed by atoms with van der Waals surface area (Å²) in [7, 11) is 0. The van der Waals surface area contributed by atoms with Crippen LogP contribution in [0.2, 0.25) is 0 Å². The summed E-state index contributed by atoms with van der Waals surface area (Å²) in [5.74, 6) is 0. The molecule has 0 saturated heterocycles. The molecule has 6 nitrogen and oxygen atoms in total. The van der Waals surface area contributed by atoms with Gasteiger partial charge in [0.1, 0.15) is 0 Å². The van der Waals surface area contributed by atoms with Crippen molar-refractivity contribution in [2.45, 2.75) is 13.0 Å². The third-order valence-electron chi connectivity index (χ3n) is 4.26. The van der Waals surface area contributed by atoms with Crippen LogP contribution in [0.25, 0.3) is 10.2 Å². The first kappa shape index (κ1) is 17.9. The van der Waals surface area contributed by atoms with Crippen molar-refractivity contribution >= 4 is 33.3 Å². The molecule has 0 radical (unpaired) electrons. The number of aromatic amines is 1. The number of hydrogen-bond donors (Lipinski definition) is 3. The molecule has 4 aromatic rings.